The molecule has 0 aliphatic heterocycles. The summed E-state index contributed by atoms with van der Waals surface area (Å²) in [6.45, 7) is 6.24. The molecule has 0 aliphatic rings. The fourth-order valence-electron chi connectivity index (χ4n) is 2.93. The van der Waals surface area contributed by atoms with Gasteiger partial charge < -0.3 is 4.74 Å². The van der Waals surface area contributed by atoms with E-state index in [9.17, 15) is 18.0 Å². The number of nitrogens with zero attached hydrogens (tertiary/aromatic N) is 1. The quantitative estimate of drug-likeness (QED) is 0.572. The average Bonchev–Trinajstić information content (AvgIpc) is 2.98. The topological polar surface area (TPSA) is 94.5 Å². The number of sulfonamides is 1. The summed E-state index contributed by atoms with van der Waals surface area (Å²) in [4.78, 5) is 24.0. The third kappa shape index (κ3) is 4.35. The highest BCUT2D eigenvalue weighted by atomic mass is 32.2. The van der Waals surface area contributed by atoms with Gasteiger partial charge in [0.05, 0.1) is 33.0 Å². The first-order valence-corrected chi connectivity index (χ1v) is 11.5. The zero-order valence-corrected chi connectivity index (χ0v) is 18.0. The molecule has 0 aliphatic carbocycles. The van der Waals surface area contributed by atoms with Crippen LogP contribution in [-0.4, -0.2) is 25.6 Å². The Kier molecular flexibility index (Phi) is 6.09. The molecule has 2 aromatic carbocycles. The highest BCUT2D eigenvalue weighted by Gasteiger charge is 2.19. The van der Waals surface area contributed by atoms with E-state index in [1.54, 1.807) is 36.6 Å². The molecule has 3 aromatic rings. The van der Waals surface area contributed by atoms with E-state index >= 15 is 0 Å². The lowest BCUT2D eigenvalue weighted by molar-refractivity contribution is 0.0526. The van der Waals surface area contributed by atoms with Crippen molar-refractivity contribution in [2.75, 3.05) is 11.3 Å². The molecule has 0 radical (unpaired) electrons. The molecule has 0 amide bonds. The van der Waals surface area contributed by atoms with Gasteiger partial charge in [-0.25, -0.2) is 13.2 Å². The van der Waals surface area contributed by atoms with E-state index in [0.717, 1.165) is 23.3 Å². The molecule has 0 bridgehead atoms. The highest BCUT2D eigenvalue weighted by molar-refractivity contribution is 7.92. The van der Waals surface area contributed by atoms with Crippen LogP contribution in [0.4, 0.5) is 5.69 Å². The van der Waals surface area contributed by atoms with E-state index in [4.69, 9.17) is 4.74 Å². The van der Waals surface area contributed by atoms with Gasteiger partial charge in [0, 0.05) is 6.54 Å². The third-order valence-electron chi connectivity index (χ3n) is 4.39. The van der Waals surface area contributed by atoms with Gasteiger partial charge in [0.1, 0.15) is 0 Å². The van der Waals surface area contributed by atoms with Crippen LogP contribution in [0.2, 0.25) is 0 Å². The number of carbonyl (C=O) groups is 1. The van der Waals surface area contributed by atoms with Gasteiger partial charge in [0.25, 0.3) is 10.0 Å². The summed E-state index contributed by atoms with van der Waals surface area (Å²) in [7, 11) is -3.90. The van der Waals surface area contributed by atoms with E-state index < -0.39 is 16.0 Å². The molecular formula is C20H22N2O5S2. The monoisotopic (exact) mass is 434 g/mol. The van der Waals surface area contributed by atoms with Crippen LogP contribution in [0.3, 0.4) is 0 Å². The van der Waals surface area contributed by atoms with Gasteiger partial charge in [-0.15, -0.1) is 0 Å². The fourth-order valence-corrected chi connectivity index (χ4v) is 5.10. The predicted molar refractivity (Wildman–Crippen MR) is 114 cm³/mol. The Bertz CT molecular complexity index is 1230. The Morgan fingerprint density at radius 3 is 2.62 bits per heavy atom. The number of esters is 1. The summed E-state index contributed by atoms with van der Waals surface area (Å²) in [6.07, 6.45) is 0.809. The number of hydrogen-bond donors (Lipinski definition) is 1. The van der Waals surface area contributed by atoms with Gasteiger partial charge >= 0.3 is 10.8 Å². The maximum Gasteiger partial charge on any atom is 0.338 e. The van der Waals surface area contributed by atoms with Crippen molar-refractivity contribution in [1.29, 1.82) is 0 Å². The lowest BCUT2D eigenvalue weighted by Gasteiger charge is -2.12. The van der Waals surface area contributed by atoms with Crippen molar-refractivity contribution in [3.8, 4) is 0 Å². The highest BCUT2D eigenvalue weighted by Crippen LogP contribution is 2.25. The molecule has 0 saturated heterocycles. The molecule has 1 heterocycles. The molecule has 0 unspecified atom stereocenters. The molecule has 0 spiro atoms. The summed E-state index contributed by atoms with van der Waals surface area (Å²) in [6, 6.07) is 9.34. The summed E-state index contributed by atoms with van der Waals surface area (Å²) in [5.74, 6) is -0.517. The number of anilines is 1. The first-order chi connectivity index (χ1) is 13.8. The number of carbonyl (C=O) groups excluding carboxylic acids is 1. The summed E-state index contributed by atoms with van der Waals surface area (Å²) < 4.78 is 35.6. The zero-order chi connectivity index (χ0) is 21.2. The first-order valence-electron chi connectivity index (χ1n) is 9.20. The van der Waals surface area contributed by atoms with Crippen LogP contribution in [0.5, 0.6) is 0 Å². The zero-order valence-electron chi connectivity index (χ0n) is 16.4. The maximum absolute atomic E-state index is 12.9. The van der Waals surface area contributed by atoms with Crippen molar-refractivity contribution in [2.45, 2.75) is 38.6 Å². The lowest BCUT2D eigenvalue weighted by atomic mass is 10.1. The minimum atomic E-state index is -3.90. The Hall–Kier alpha value is -2.65. The molecule has 0 saturated carbocycles. The molecule has 9 heteroatoms. The van der Waals surface area contributed by atoms with Crippen LogP contribution < -0.4 is 9.60 Å². The number of thiazole rings is 1. The minimum absolute atomic E-state index is 0.0517. The van der Waals surface area contributed by atoms with Crippen LogP contribution >= 0.6 is 11.3 Å². The van der Waals surface area contributed by atoms with E-state index in [1.807, 2.05) is 6.92 Å². The number of nitrogens with one attached hydrogen (secondary N) is 1. The number of ether oxygens (including phenoxy) is 1. The van der Waals surface area contributed by atoms with Gasteiger partial charge in [0.15, 0.2) is 0 Å². The second kappa shape index (κ2) is 8.38. The third-order valence-corrected chi connectivity index (χ3v) is 6.70. The summed E-state index contributed by atoms with van der Waals surface area (Å²) in [5.41, 5.74) is 1.95. The van der Waals surface area contributed by atoms with Crippen molar-refractivity contribution >= 4 is 43.2 Å². The van der Waals surface area contributed by atoms with Crippen LogP contribution in [0.25, 0.3) is 10.2 Å². The minimum Gasteiger partial charge on any atom is -0.462 e. The number of hydrogen-bond acceptors (Lipinski definition) is 6. The van der Waals surface area contributed by atoms with Crippen molar-refractivity contribution < 1.29 is 17.9 Å². The van der Waals surface area contributed by atoms with Crippen molar-refractivity contribution in [1.82, 2.24) is 4.57 Å². The van der Waals surface area contributed by atoms with Gasteiger partial charge in [-0.2, -0.15) is 0 Å². The van der Waals surface area contributed by atoms with E-state index in [0.29, 0.717) is 22.5 Å². The van der Waals surface area contributed by atoms with E-state index in [2.05, 4.69) is 4.72 Å². The standard InChI is InChI=1S/C20H22N2O5S2/c1-4-10-22-17-9-8-15(12-18(17)28-20(22)24)29(25,26)21-16-11-14(7-6-13(16)3)19(23)27-5-2/h6-9,11-12,21H,4-5,10H2,1-3H3. The van der Waals surface area contributed by atoms with E-state index in [-0.39, 0.29) is 21.9 Å². The maximum atomic E-state index is 12.9. The molecule has 3 rings (SSSR count). The molecule has 0 atom stereocenters. The second-order valence-electron chi connectivity index (χ2n) is 6.50. The average molecular weight is 435 g/mol. The number of fused-ring (bicyclic) bond motifs is 1. The Labute approximate surface area is 173 Å². The van der Waals surface area contributed by atoms with Crippen molar-refractivity contribution in [3.05, 3.63) is 57.2 Å². The molecular weight excluding hydrogens is 412 g/mol. The van der Waals surface area contributed by atoms with Gasteiger partial charge in [-0.05, 0) is 56.2 Å². The molecule has 154 valence electrons. The van der Waals surface area contributed by atoms with Crippen LogP contribution in [0.1, 0.15) is 36.2 Å². The molecule has 1 aromatic heterocycles. The van der Waals surface area contributed by atoms with E-state index in [1.165, 1.54) is 18.2 Å². The molecule has 1 N–H and O–H groups in total. The smallest absolute Gasteiger partial charge is 0.338 e. The summed E-state index contributed by atoms with van der Waals surface area (Å²) >= 11 is 1.02. The Morgan fingerprint density at radius 1 is 1.17 bits per heavy atom. The number of aryl methyl sites for hydroxylation is 2. The van der Waals surface area contributed by atoms with Crippen molar-refractivity contribution in [3.63, 3.8) is 0 Å². The normalized spacial score (nSPS) is 11.6. The first kappa shape index (κ1) is 21.1. The Morgan fingerprint density at radius 2 is 1.93 bits per heavy atom. The van der Waals surface area contributed by atoms with Crippen LogP contribution in [0, 0.1) is 6.92 Å². The number of rotatable bonds is 7. The van der Waals surface area contributed by atoms with Gasteiger partial charge in [0.2, 0.25) is 0 Å². The number of aromatic nitrogens is 1. The molecule has 29 heavy (non-hydrogen) atoms. The summed E-state index contributed by atoms with van der Waals surface area (Å²) in [5, 5.41) is 0. The Balaban J connectivity index is 1.97. The van der Waals surface area contributed by atoms with Crippen LogP contribution in [0.15, 0.2) is 46.1 Å². The van der Waals surface area contributed by atoms with Gasteiger partial charge in [-0.1, -0.05) is 24.3 Å². The van der Waals surface area contributed by atoms with Crippen LogP contribution in [-0.2, 0) is 21.3 Å². The molecule has 7 nitrogen and oxygen atoms in total. The predicted octanol–water partition coefficient (Wildman–Crippen LogP) is 3.76. The lowest BCUT2D eigenvalue weighted by Crippen LogP contribution is -2.15. The van der Waals surface area contributed by atoms with Crippen molar-refractivity contribution in [2.24, 2.45) is 0 Å². The largest absolute Gasteiger partial charge is 0.462 e. The number of benzene rings is 2. The van der Waals surface area contributed by atoms with Gasteiger partial charge in [-0.3, -0.25) is 14.1 Å². The SMILES string of the molecule is CCCn1c(=O)sc2cc(S(=O)(=O)Nc3cc(C(=O)OCC)ccc3C)ccc21. The molecule has 0 fully saturated rings. The second-order valence-corrected chi connectivity index (χ2v) is 9.18. The fraction of sp³-hybridized carbons (Fsp3) is 0.300.